The van der Waals surface area contributed by atoms with Gasteiger partial charge in [-0.2, -0.15) is 0 Å². The Hall–Kier alpha value is -0.450. The van der Waals surface area contributed by atoms with Crippen molar-refractivity contribution in [2.75, 3.05) is 13.1 Å². The second kappa shape index (κ2) is 7.76. The van der Waals surface area contributed by atoms with Crippen molar-refractivity contribution in [3.63, 3.8) is 0 Å². The molecule has 0 aliphatic heterocycles. The van der Waals surface area contributed by atoms with Gasteiger partial charge in [0.1, 0.15) is 5.01 Å². The smallest absolute Gasteiger partial charge is 0.107 e. The lowest BCUT2D eigenvalue weighted by atomic mass is 10.3. The van der Waals surface area contributed by atoms with E-state index in [-0.39, 0.29) is 0 Å². The van der Waals surface area contributed by atoms with Crippen LogP contribution in [0.3, 0.4) is 0 Å². The molecule has 0 saturated carbocycles. The van der Waals surface area contributed by atoms with Crippen LogP contribution in [-0.2, 0) is 6.54 Å². The second-order valence-electron chi connectivity index (χ2n) is 4.36. The molecule has 0 aromatic carbocycles. The summed E-state index contributed by atoms with van der Waals surface area (Å²) in [6, 6.07) is 0.603. The number of unbranched alkanes of at least 4 members (excludes halogenated alkanes) is 1. The number of nitrogens with zero attached hydrogens (tertiary/aromatic N) is 1. The molecular weight excluding hydrogens is 218 g/mol. The van der Waals surface area contributed by atoms with Gasteiger partial charge in [0.2, 0.25) is 0 Å². The van der Waals surface area contributed by atoms with Gasteiger partial charge in [-0.3, -0.25) is 0 Å². The topological polar surface area (TPSA) is 37.0 Å². The first-order chi connectivity index (χ1) is 7.68. The molecule has 2 N–H and O–H groups in total. The van der Waals surface area contributed by atoms with E-state index in [4.69, 9.17) is 0 Å². The maximum absolute atomic E-state index is 4.32. The standard InChI is InChI=1S/C12H23N3S/c1-10(2)14-7-5-4-6-13-9-12-15-8-11(3)16-12/h8,10,13-14H,4-7,9H2,1-3H3. The Bertz CT molecular complexity index is 284. The summed E-state index contributed by atoms with van der Waals surface area (Å²) in [7, 11) is 0. The Kier molecular flexibility index (Phi) is 6.61. The van der Waals surface area contributed by atoms with Crippen molar-refractivity contribution in [2.24, 2.45) is 0 Å². The molecule has 0 spiro atoms. The molecule has 0 aliphatic rings. The molecule has 16 heavy (non-hydrogen) atoms. The summed E-state index contributed by atoms with van der Waals surface area (Å²) in [6.07, 6.45) is 4.40. The van der Waals surface area contributed by atoms with Gasteiger partial charge in [-0.25, -0.2) is 4.98 Å². The molecule has 4 heteroatoms. The van der Waals surface area contributed by atoms with E-state index in [9.17, 15) is 0 Å². The van der Waals surface area contributed by atoms with Crippen LogP contribution in [0, 0.1) is 6.92 Å². The highest BCUT2D eigenvalue weighted by Crippen LogP contribution is 2.10. The quantitative estimate of drug-likeness (QED) is 0.686. The molecule has 0 amide bonds. The van der Waals surface area contributed by atoms with E-state index in [1.54, 1.807) is 11.3 Å². The van der Waals surface area contributed by atoms with Crippen molar-refractivity contribution in [3.8, 4) is 0 Å². The Morgan fingerprint density at radius 2 is 2.06 bits per heavy atom. The van der Waals surface area contributed by atoms with E-state index < -0.39 is 0 Å². The van der Waals surface area contributed by atoms with Gasteiger partial charge in [0.15, 0.2) is 0 Å². The molecule has 0 unspecified atom stereocenters. The van der Waals surface area contributed by atoms with E-state index in [0.717, 1.165) is 19.6 Å². The van der Waals surface area contributed by atoms with Gasteiger partial charge < -0.3 is 10.6 Å². The Morgan fingerprint density at radius 3 is 2.69 bits per heavy atom. The van der Waals surface area contributed by atoms with E-state index in [2.05, 4.69) is 36.4 Å². The highest BCUT2D eigenvalue weighted by molar-refractivity contribution is 7.11. The van der Waals surface area contributed by atoms with Crippen LogP contribution in [0.2, 0.25) is 0 Å². The average Bonchev–Trinajstić information content (AvgIpc) is 2.62. The number of aryl methyl sites for hydroxylation is 1. The largest absolute Gasteiger partial charge is 0.315 e. The first kappa shape index (κ1) is 13.6. The SMILES string of the molecule is Cc1cnc(CNCCCCNC(C)C)s1. The monoisotopic (exact) mass is 241 g/mol. The fourth-order valence-corrected chi connectivity index (χ4v) is 2.20. The number of thiazole rings is 1. The lowest BCUT2D eigenvalue weighted by molar-refractivity contribution is 0.541. The Labute approximate surface area is 103 Å². The zero-order valence-corrected chi connectivity index (χ0v) is 11.4. The molecule has 0 saturated heterocycles. The lowest BCUT2D eigenvalue weighted by Crippen LogP contribution is -2.24. The van der Waals surface area contributed by atoms with Gasteiger partial charge in [0.05, 0.1) is 0 Å². The summed E-state index contributed by atoms with van der Waals surface area (Å²) in [5.41, 5.74) is 0. The molecule has 1 aromatic heterocycles. The van der Waals surface area contributed by atoms with Crippen molar-refractivity contribution in [2.45, 2.75) is 46.2 Å². The molecule has 0 radical (unpaired) electrons. The molecule has 1 aromatic rings. The minimum Gasteiger partial charge on any atom is -0.315 e. The van der Waals surface area contributed by atoms with Crippen molar-refractivity contribution in [3.05, 3.63) is 16.1 Å². The predicted molar refractivity (Wildman–Crippen MR) is 70.9 cm³/mol. The summed E-state index contributed by atoms with van der Waals surface area (Å²) in [6.45, 7) is 9.58. The van der Waals surface area contributed by atoms with E-state index in [0.29, 0.717) is 6.04 Å². The summed E-state index contributed by atoms with van der Waals surface area (Å²) < 4.78 is 0. The molecule has 1 rings (SSSR count). The Balaban J connectivity index is 1.92. The van der Waals surface area contributed by atoms with Gasteiger partial charge >= 0.3 is 0 Å². The van der Waals surface area contributed by atoms with Crippen LogP contribution in [0.5, 0.6) is 0 Å². The van der Waals surface area contributed by atoms with Gasteiger partial charge in [0, 0.05) is 23.7 Å². The van der Waals surface area contributed by atoms with Crippen LogP contribution < -0.4 is 10.6 Å². The zero-order chi connectivity index (χ0) is 11.8. The highest BCUT2D eigenvalue weighted by atomic mass is 32.1. The second-order valence-corrected chi connectivity index (χ2v) is 5.68. The third kappa shape index (κ3) is 6.20. The van der Waals surface area contributed by atoms with Gasteiger partial charge in [-0.15, -0.1) is 11.3 Å². The minimum atomic E-state index is 0.603. The summed E-state index contributed by atoms with van der Waals surface area (Å²) in [5.74, 6) is 0. The van der Waals surface area contributed by atoms with Crippen LogP contribution in [0.1, 0.15) is 36.6 Å². The number of aromatic nitrogens is 1. The number of nitrogens with one attached hydrogen (secondary N) is 2. The first-order valence-corrected chi connectivity index (χ1v) is 6.85. The zero-order valence-electron chi connectivity index (χ0n) is 10.5. The molecule has 3 nitrogen and oxygen atoms in total. The van der Waals surface area contributed by atoms with Gasteiger partial charge in [0.25, 0.3) is 0 Å². The van der Waals surface area contributed by atoms with Gasteiger partial charge in [-0.05, 0) is 32.9 Å². The molecule has 1 heterocycles. The lowest BCUT2D eigenvalue weighted by Gasteiger charge is -2.07. The molecule has 0 fully saturated rings. The summed E-state index contributed by atoms with van der Waals surface area (Å²) >= 11 is 1.77. The van der Waals surface area contributed by atoms with Crippen LogP contribution in [0.4, 0.5) is 0 Å². The van der Waals surface area contributed by atoms with Crippen LogP contribution in [-0.4, -0.2) is 24.1 Å². The summed E-state index contributed by atoms with van der Waals surface area (Å²) in [4.78, 5) is 5.61. The molecule has 0 bridgehead atoms. The number of hydrogen-bond acceptors (Lipinski definition) is 4. The third-order valence-electron chi connectivity index (χ3n) is 2.28. The minimum absolute atomic E-state index is 0.603. The average molecular weight is 241 g/mol. The van der Waals surface area contributed by atoms with Gasteiger partial charge in [-0.1, -0.05) is 13.8 Å². The van der Waals surface area contributed by atoms with E-state index in [1.807, 2.05) is 6.20 Å². The number of rotatable bonds is 8. The maximum atomic E-state index is 4.32. The molecule has 0 aliphatic carbocycles. The first-order valence-electron chi connectivity index (χ1n) is 6.04. The summed E-state index contributed by atoms with van der Waals surface area (Å²) in [5, 5.41) is 8.04. The van der Waals surface area contributed by atoms with Crippen LogP contribution in [0.15, 0.2) is 6.20 Å². The van der Waals surface area contributed by atoms with Crippen molar-refractivity contribution >= 4 is 11.3 Å². The van der Waals surface area contributed by atoms with Crippen LogP contribution >= 0.6 is 11.3 Å². The third-order valence-corrected chi connectivity index (χ3v) is 3.19. The molecule has 92 valence electrons. The fourth-order valence-electron chi connectivity index (χ4n) is 1.44. The normalized spacial score (nSPS) is 11.2. The number of hydrogen-bond donors (Lipinski definition) is 2. The van der Waals surface area contributed by atoms with Crippen LogP contribution in [0.25, 0.3) is 0 Å². The molecule has 0 atom stereocenters. The fraction of sp³-hybridized carbons (Fsp3) is 0.750. The highest BCUT2D eigenvalue weighted by Gasteiger charge is 1.97. The van der Waals surface area contributed by atoms with E-state index >= 15 is 0 Å². The maximum Gasteiger partial charge on any atom is 0.107 e. The molecular formula is C12H23N3S. The van der Waals surface area contributed by atoms with Crippen molar-refractivity contribution in [1.29, 1.82) is 0 Å². The van der Waals surface area contributed by atoms with Crippen molar-refractivity contribution < 1.29 is 0 Å². The van der Waals surface area contributed by atoms with E-state index in [1.165, 1.54) is 22.7 Å². The Morgan fingerprint density at radius 1 is 1.31 bits per heavy atom. The van der Waals surface area contributed by atoms with Crippen molar-refractivity contribution in [1.82, 2.24) is 15.6 Å². The predicted octanol–water partition coefficient (Wildman–Crippen LogP) is 2.32.